The van der Waals surface area contributed by atoms with Crippen LogP contribution in [0.15, 0.2) is 24.3 Å². The van der Waals surface area contributed by atoms with Gasteiger partial charge in [0.1, 0.15) is 0 Å². The van der Waals surface area contributed by atoms with Crippen molar-refractivity contribution in [3.63, 3.8) is 0 Å². The van der Waals surface area contributed by atoms with Crippen molar-refractivity contribution in [2.45, 2.75) is 12.8 Å². The first-order valence-electron chi connectivity index (χ1n) is 8.17. The van der Waals surface area contributed by atoms with Crippen molar-refractivity contribution in [2.75, 3.05) is 38.5 Å². The van der Waals surface area contributed by atoms with Crippen LogP contribution in [0.1, 0.15) is 12.8 Å². The van der Waals surface area contributed by atoms with Gasteiger partial charge in [-0.1, -0.05) is 23.7 Å². The Balaban J connectivity index is 1.82. The molecule has 1 aliphatic heterocycles. The second kappa shape index (κ2) is 8.82. The molecule has 0 saturated carbocycles. The van der Waals surface area contributed by atoms with Gasteiger partial charge < -0.3 is 16.0 Å². The summed E-state index contributed by atoms with van der Waals surface area (Å²) in [4.78, 5) is 38.9. The average Bonchev–Trinajstić information content (AvgIpc) is 2.57. The Morgan fingerprint density at radius 3 is 2.76 bits per heavy atom. The molecule has 7 nitrogen and oxygen atoms in total. The second-order valence-electron chi connectivity index (χ2n) is 6.25. The summed E-state index contributed by atoms with van der Waals surface area (Å²) in [6.45, 7) is 1.33. The van der Waals surface area contributed by atoms with Crippen molar-refractivity contribution in [3.05, 3.63) is 29.3 Å². The van der Waals surface area contributed by atoms with Gasteiger partial charge in [0.05, 0.1) is 29.7 Å². The Labute approximate surface area is 152 Å². The Morgan fingerprint density at radius 1 is 1.36 bits per heavy atom. The zero-order chi connectivity index (χ0) is 18.4. The first-order valence-corrected chi connectivity index (χ1v) is 8.54. The van der Waals surface area contributed by atoms with E-state index in [1.165, 1.54) is 4.90 Å². The molecule has 3 N–H and O–H groups in total. The summed E-state index contributed by atoms with van der Waals surface area (Å²) in [6, 6.07) is 6.91. The van der Waals surface area contributed by atoms with Gasteiger partial charge in [0.15, 0.2) is 0 Å². The molecule has 8 heteroatoms. The minimum Gasteiger partial charge on any atom is -0.369 e. The largest absolute Gasteiger partial charge is 0.369 e. The first-order chi connectivity index (χ1) is 11.9. The van der Waals surface area contributed by atoms with E-state index in [0.717, 1.165) is 19.4 Å². The molecule has 0 aromatic heterocycles. The molecule has 1 aliphatic rings. The average molecular weight is 367 g/mol. The van der Waals surface area contributed by atoms with Gasteiger partial charge in [-0.2, -0.15) is 0 Å². The highest BCUT2D eigenvalue weighted by Crippen LogP contribution is 2.20. The molecular formula is C17H23ClN4O3. The van der Waals surface area contributed by atoms with E-state index in [1.807, 2.05) is 4.90 Å². The van der Waals surface area contributed by atoms with Crippen LogP contribution in [0.25, 0.3) is 0 Å². The van der Waals surface area contributed by atoms with E-state index in [1.54, 1.807) is 31.3 Å². The van der Waals surface area contributed by atoms with Crippen molar-refractivity contribution in [2.24, 2.45) is 11.7 Å². The first kappa shape index (κ1) is 19.2. The lowest BCUT2D eigenvalue weighted by Gasteiger charge is -2.31. The molecule has 3 amide bonds. The Morgan fingerprint density at radius 2 is 2.08 bits per heavy atom. The van der Waals surface area contributed by atoms with E-state index < -0.39 is 0 Å². The summed E-state index contributed by atoms with van der Waals surface area (Å²) >= 11 is 6.00. The van der Waals surface area contributed by atoms with Crippen LogP contribution >= 0.6 is 11.6 Å². The van der Waals surface area contributed by atoms with Crippen LogP contribution in [0.2, 0.25) is 5.02 Å². The third-order valence-electron chi connectivity index (χ3n) is 4.22. The maximum absolute atomic E-state index is 12.3. The monoisotopic (exact) mass is 366 g/mol. The minimum absolute atomic E-state index is 0.0723. The molecular weight excluding hydrogens is 344 g/mol. The molecule has 0 aliphatic carbocycles. The van der Waals surface area contributed by atoms with Crippen LogP contribution < -0.4 is 11.1 Å². The van der Waals surface area contributed by atoms with Crippen molar-refractivity contribution in [1.29, 1.82) is 0 Å². The number of hydrogen-bond acceptors (Lipinski definition) is 4. The van der Waals surface area contributed by atoms with Crippen LogP contribution in [-0.2, 0) is 14.4 Å². The molecule has 2 rings (SSSR count). The maximum Gasteiger partial charge on any atom is 0.244 e. The number of likely N-dealkylation sites (N-methyl/N-ethyl adjacent to an activating group) is 1. The number of anilines is 1. The van der Waals surface area contributed by atoms with Gasteiger partial charge in [-0.3, -0.25) is 19.3 Å². The summed E-state index contributed by atoms with van der Waals surface area (Å²) in [5.74, 6) is -1.04. The molecule has 1 aromatic carbocycles. The van der Waals surface area contributed by atoms with Gasteiger partial charge in [-0.25, -0.2) is 0 Å². The fraction of sp³-hybridized carbons (Fsp3) is 0.471. The quantitative estimate of drug-likeness (QED) is 0.783. The number of hydrogen-bond donors (Lipinski definition) is 2. The molecule has 1 saturated heterocycles. The number of nitrogens with two attached hydrogens (primary N) is 1. The van der Waals surface area contributed by atoms with Gasteiger partial charge >= 0.3 is 0 Å². The van der Waals surface area contributed by atoms with Crippen molar-refractivity contribution in [1.82, 2.24) is 9.80 Å². The number of carbonyl (C=O) groups excluding carboxylic acids is 3. The van der Waals surface area contributed by atoms with Crippen molar-refractivity contribution >= 4 is 35.0 Å². The van der Waals surface area contributed by atoms with E-state index in [-0.39, 0.29) is 36.7 Å². The van der Waals surface area contributed by atoms with Gasteiger partial charge in [-0.15, -0.1) is 0 Å². The highest BCUT2D eigenvalue weighted by Gasteiger charge is 2.26. The van der Waals surface area contributed by atoms with Gasteiger partial charge in [0, 0.05) is 13.6 Å². The third kappa shape index (κ3) is 5.72. The molecule has 25 heavy (non-hydrogen) atoms. The van der Waals surface area contributed by atoms with Gasteiger partial charge in [0.25, 0.3) is 0 Å². The molecule has 1 fully saturated rings. The number of rotatable bonds is 6. The van der Waals surface area contributed by atoms with Crippen molar-refractivity contribution < 1.29 is 14.4 Å². The molecule has 1 aromatic rings. The smallest absolute Gasteiger partial charge is 0.244 e. The second-order valence-corrected chi connectivity index (χ2v) is 6.66. The number of para-hydroxylation sites is 1. The van der Waals surface area contributed by atoms with Crippen LogP contribution in [0.4, 0.5) is 5.69 Å². The molecule has 0 bridgehead atoms. The topological polar surface area (TPSA) is 95.7 Å². The third-order valence-corrected chi connectivity index (χ3v) is 4.55. The summed E-state index contributed by atoms with van der Waals surface area (Å²) in [6.07, 6.45) is 1.59. The summed E-state index contributed by atoms with van der Waals surface area (Å²) < 4.78 is 0. The van der Waals surface area contributed by atoms with E-state index in [0.29, 0.717) is 17.3 Å². The fourth-order valence-electron chi connectivity index (χ4n) is 2.80. The lowest BCUT2D eigenvalue weighted by atomic mass is 9.97. The number of halogens is 1. The number of primary amides is 1. The lowest BCUT2D eigenvalue weighted by molar-refractivity contribution is -0.135. The standard InChI is InChI=1S/C17H23ClN4O3/c1-21(10-15(23)20-14-7-3-2-6-13(14)18)16(24)11-22-8-4-5-12(9-22)17(19)25/h2-3,6-7,12H,4-5,8-11H2,1H3,(H2,19,25)(H,20,23)/t12-/m0/s1. The zero-order valence-corrected chi connectivity index (χ0v) is 15.0. The molecule has 0 spiro atoms. The Bertz CT molecular complexity index is 653. The molecule has 1 heterocycles. The number of nitrogens with one attached hydrogen (secondary N) is 1. The number of amides is 3. The Kier molecular flexibility index (Phi) is 6.78. The zero-order valence-electron chi connectivity index (χ0n) is 14.2. The fourth-order valence-corrected chi connectivity index (χ4v) is 2.98. The predicted octanol–water partition coefficient (Wildman–Crippen LogP) is 0.934. The molecule has 1 atom stereocenters. The summed E-state index contributed by atoms with van der Waals surface area (Å²) in [7, 11) is 1.57. The molecule has 0 unspecified atom stereocenters. The predicted molar refractivity (Wildman–Crippen MR) is 96.1 cm³/mol. The highest BCUT2D eigenvalue weighted by molar-refractivity contribution is 6.33. The van der Waals surface area contributed by atoms with E-state index >= 15 is 0 Å². The molecule has 136 valence electrons. The van der Waals surface area contributed by atoms with Gasteiger partial charge in [0.2, 0.25) is 17.7 Å². The lowest BCUT2D eigenvalue weighted by Crippen LogP contribution is -2.47. The van der Waals surface area contributed by atoms with Crippen LogP contribution in [0.5, 0.6) is 0 Å². The molecule has 0 radical (unpaired) electrons. The summed E-state index contributed by atoms with van der Waals surface area (Å²) in [5.41, 5.74) is 5.86. The van der Waals surface area contributed by atoms with E-state index in [2.05, 4.69) is 5.32 Å². The van der Waals surface area contributed by atoms with E-state index in [4.69, 9.17) is 17.3 Å². The minimum atomic E-state index is -0.329. The SMILES string of the molecule is CN(CC(=O)Nc1ccccc1Cl)C(=O)CN1CCC[C@H](C(N)=O)C1. The summed E-state index contributed by atoms with van der Waals surface area (Å²) in [5, 5.41) is 3.12. The number of carbonyl (C=O) groups is 3. The van der Waals surface area contributed by atoms with Crippen LogP contribution in [-0.4, -0.2) is 60.7 Å². The normalized spacial score (nSPS) is 17.8. The van der Waals surface area contributed by atoms with Gasteiger partial charge in [-0.05, 0) is 31.5 Å². The highest BCUT2D eigenvalue weighted by atomic mass is 35.5. The number of piperidine rings is 1. The maximum atomic E-state index is 12.3. The van der Waals surface area contributed by atoms with Crippen LogP contribution in [0.3, 0.4) is 0 Å². The number of nitrogens with zero attached hydrogens (tertiary/aromatic N) is 2. The van der Waals surface area contributed by atoms with Crippen LogP contribution in [0, 0.1) is 5.92 Å². The number of likely N-dealkylation sites (tertiary alicyclic amines) is 1. The van der Waals surface area contributed by atoms with E-state index in [9.17, 15) is 14.4 Å². The van der Waals surface area contributed by atoms with Crippen molar-refractivity contribution in [3.8, 4) is 0 Å². The Hall–Kier alpha value is -2.12. The number of benzene rings is 1.